The third-order valence-electron chi connectivity index (χ3n) is 4.03. The number of amides is 1. The van der Waals surface area contributed by atoms with Crippen LogP contribution in [0.2, 0.25) is 5.02 Å². The van der Waals surface area contributed by atoms with Crippen LogP contribution in [0.15, 0.2) is 48.7 Å². The number of fused-ring (bicyclic) bond motifs is 1. The average molecular weight is 359 g/mol. The van der Waals surface area contributed by atoms with Gasteiger partial charge in [0.25, 0.3) is 5.91 Å². The molecular weight excluding hydrogens is 340 g/mol. The summed E-state index contributed by atoms with van der Waals surface area (Å²) in [6.07, 6.45) is 0.491. The number of nitrogens with one attached hydrogen (secondary N) is 1. The molecule has 130 valence electrons. The van der Waals surface area contributed by atoms with Gasteiger partial charge in [-0.15, -0.1) is 10.2 Å². The van der Waals surface area contributed by atoms with E-state index in [1.165, 1.54) is 0 Å². The fourth-order valence-corrected chi connectivity index (χ4v) is 2.91. The maximum atomic E-state index is 12.6. The molecule has 0 spiro atoms. The fourth-order valence-electron chi connectivity index (χ4n) is 2.67. The number of carbonyl (C=O) groups excluding carboxylic acids is 1. The van der Waals surface area contributed by atoms with Gasteiger partial charge < -0.3 is 10.4 Å². The number of aliphatic hydroxyl groups excluding tert-OH is 1. The number of carbonyl (C=O) groups is 1. The van der Waals surface area contributed by atoms with E-state index >= 15 is 0 Å². The summed E-state index contributed by atoms with van der Waals surface area (Å²) in [6.45, 7) is 3.94. The summed E-state index contributed by atoms with van der Waals surface area (Å²) in [5.74, 6) is 0.139. The maximum Gasteiger partial charge on any atom is 0.254 e. The van der Waals surface area contributed by atoms with Crippen molar-refractivity contribution in [2.45, 2.75) is 26.0 Å². The Bertz CT molecular complexity index is 893. The minimum absolute atomic E-state index is 0.0509. The van der Waals surface area contributed by atoms with Crippen LogP contribution in [0.25, 0.3) is 5.65 Å². The first-order chi connectivity index (χ1) is 12.0. The van der Waals surface area contributed by atoms with E-state index < -0.39 is 18.1 Å². The molecule has 0 fully saturated rings. The second-order valence-corrected chi connectivity index (χ2v) is 6.55. The van der Waals surface area contributed by atoms with Crippen LogP contribution in [0.5, 0.6) is 0 Å². The first-order valence-electron chi connectivity index (χ1n) is 8.01. The quantitative estimate of drug-likeness (QED) is 0.735. The monoisotopic (exact) mass is 358 g/mol. The van der Waals surface area contributed by atoms with E-state index in [4.69, 9.17) is 11.6 Å². The summed E-state index contributed by atoms with van der Waals surface area (Å²) in [5.41, 5.74) is 1.07. The zero-order valence-electron chi connectivity index (χ0n) is 13.9. The Morgan fingerprint density at radius 1 is 1.16 bits per heavy atom. The minimum Gasteiger partial charge on any atom is -0.378 e. The van der Waals surface area contributed by atoms with Gasteiger partial charge in [-0.05, 0) is 24.1 Å². The summed E-state index contributed by atoms with van der Waals surface area (Å²) < 4.78 is 1.83. The summed E-state index contributed by atoms with van der Waals surface area (Å²) in [6, 6.07) is 11.9. The van der Waals surface area contributed by atoms with E-state index in [-0.39, 0.29) is 5.92 Å². The van der Waals surface area contributed by atoms with Crippen molar-refractivity contribution in [1.82, 2.24) is 19.9 Å². The average Bonchev–Trinajstić information content (AvgIpc) is 3.03. The number of hydrogen-bond donors (Lipinski definition) is 2. The van der Waals surface area contributed by atoms with Crippen LogP contribution < -0.4 is 5.32 Å². The number of benzene rings is 1. The van der Waals surface area contributed by atoms with Crippen molar-refractivity contribution in [2.24, 2.45) is 5.92 Å². The molecule has 0 aliphatic carbocycles. The number of pyridine rings is 1. The molecule has 0 aliphatic heterocycles. The molecule has 3 rings (SSSR count). The molecule has 0 radical (unpaired) electrons. The predicted octanol–water partition coefficient (Wildman–Crippen LogP) is 2.93. The highest BCUT2D eigenvalue weighted by Crippen LogP contribution is 2.25. The number of aliphatic hydroxyl groups is 1. The molecule has 6 nitrogen and oxygen atoms in total. The number of hydrogen-bond acceptors (Lipinski definition) is 4. The van der Waals surface area contributed by atoms with Crippen LogP contribution in [0.1, 0.15) is 37.4 Å². The smallest absolute Gasteiger partial charge is 0.254 e. The van der Waals surface area contributed by atoms with Crippen molar-refractivity contribution in [1.29, 1.82) is 0 Å². The van der Waals surface area contributed by atoms with E-state index in [0.717, 1.165) is 0 Å². The zero-order valence-corrected chi connectivity index (χ0v) is 14.7. The van der Waals surface area contributed by atoms with Gasteiger partial charge in [0.05, 0.1) is 6.04 Å². The lowest BCUT2D eigenvalue weighted by atomic mass is 10.0. The maximum absolute atomic E-state index is 12.6. The van der Waals surface area contributed by atoms with Crippen LogP contribution in [0.4, 0.5) is 0 Å². The summed E-state index contributed by atoms with van der Waals surface area (Å²) >= 11 is 6.07. The Balaban J connectivity index is 1.87. The Kier molecular flexibility index (Phi) is 5.01. The van der Waals surface area contributed by atoms with E-state index in [2.05, 4.69) is 15.5 Å². The molecule has 0 bridgehead atoms. The van der Waals surface area contributed by atoms with Crippen molar-refractivity contribution in [3.63, 3.8) is 0 Å². The number of halogens is 1. The molecule has 0 unspecified atom stereocenters. The molecule has 2 atom stereocenters. The summed E-state index contributed by atoms with van der Waals surface area (Å²) in [5, 5.41) is 21.9. The van der Waals surface area contributed by atoms with Crippen molar-refractivity contribution in [3.05, 3.63) is 65.1 Å². The van der Waals surface area contributed by atoms with E-state index in [1.807, 2.05) is 42.6 Å². The SMILES string of the molecule is CC(C)[C@@H](NC(=O)[C@H](O)c1ccccc1Cl)c1nnc2ccccn12. The van der Waals surface area contributed by atoms with Crippen molar-refractivity contribution < 1.29 is 9.90 Å². The second kappa shape index (κ2) is 7.21. The first-order valence-corrected chi connectivity index (χ1v) is 8.39. The molecule has 2 aromatic heterocycles. The standard InChI is InChI=1S/C18H19ClN4O2/c1-11(2)15(17-22-21-14-9-5-6-10-23(14)17)20-18(25)16(24)12-7-3-4-8-13(12)19/h3-11,15-16,24H,1-2H3,(H,20,25)/t15-,16-/m1/s1. The summed E-state index contributed by atoms with van der Waals surface area (Å²) in [7, 11) is 0. The van der Waals surface area contributed by atoms with Crippen molar-refractivity contribution in [2.75, 3.05) is 0 Å². The molecule has 1 aromatic carbocycles. The third kappa shape index (κ3) is 3.50. The normalized spacial score (nSPS) is 13.8. The Hall–Kier alpha value is -2.44. The second-order valence-electron chi connectivity index (χ2n) is 6.14. The molecule has 0 aliphatic rings. The molecule has 3 aromatic rings. The molecule has 2 heterocycles. The Morgan fingerprint density at radius 3 is 2.60 bits per heavy atom. The van der Waals surface area contributed by atoms with Gasteiger partial charge in [-0.3, -0.25) is 9.20 Å². The van der Waals surface area contributed by atoms with Crippen LogP contribution >= 0.6 is 11.6 Å². The van der Waals surface area contributed by atoms with Gasteiger partial charge >= 0.3 is 0 Å². The minimum atomic E-state index is -1.35. The van der Waals surface area contributed by atoms with Gasteiger partial charge in [0.2, 0.25) is 0 Å². The molecular formula is C18H19ClN4O2. The van der Waals surface area contributed by atoms with Gasteiger partial charge in [-0.2, -0.15) is 0 Å². The molecule has 2 N–H and O–H groups in total. The van der Waals surface area contributed by atoms with Gasteiger partial charge in [0.15, 0.2) is 17.6 Å². The number of rotatable bonds is 5. The largest absolute Gasteiger partial charge is 0.378 e. The lowest BCUT2D eigenvalue weighted by Gasteiger charge is -2.23. The molecule has 7 heteroatoms. The zero-order chi connectivity index (χ0) is 18.0. The van der Waals surface area contributed by atoms with E-state index in [0.29, 0.717) is 22.1 Å². The highest BCUT2D eigenvalue weighted by atomic mass is 35.5. The number of aromatic nitrogens is 3. The number of nitrogens with zero attached hydrogens (tertiary/aromatic N) is 3. The fraction of sp³-hybridized carbons (Fsp3) is 0.278. The third-order valence-corrected chi connectivity index (χ3v) is 4.38. The molecule has 1 amide bonds. The van der Waals surface area contributed by atoms with Crippen molar-refractivity contribution >= 4 is 23.2 Å². The van der Waals surface area contributed by atoms with Crippen LogP contribution in [0.3, 0.4) is 0 Å². The lowest BCUT2D eigenvalue weighted by molar-refractivity contribution is -0.130. The van der Waals surface area contributed by atoms with Gasteiger partial charge in [0, 0.05) is 16.8 Å². The van der Waals surface area contributed by atoms with Crippen LogP contribution in [-0.2, 0) is 4.79 Å². The lowest BCUT2D eigenvalue weighted by Crippen LogP contribution is -2.36. The first kappa shape index (κ1) is 17.4. The van der Waals surface area contributed by atoms with Crippen LogP contribution in [0, 0.1) is 5.92 Å². The highest BCUT2D eigenvalue weighted by molar-refractivity contribution is 6.31. The Morgan fingerprint density at radius 2 is 1.88 bits per heavy atom. The van der Waals surface area contributed by atoms with E-state index in [1.54, 1.807) is 24.3 Å². The summed E-state index contributed by atoms with van der Waals surface area (Å²) in [4.78, 5) is 12.6. The van der Waals surface area contributed by atoms with E-state index in [9.17, 15) is 9.90 Å². The molecule has 0 saturated heterocycles. The topological polar surface area (TPSA) is 79.5 Å². The predicted molar refractivity (Wildman–Crippen MR) is 95.1 cm³/mol. The Labute approximate surface area is 150 Å². The van der Waals surface area contributed by atoms with Crippen molar-refractivity contribution in [3.8, 4) is 0 Å². The van der Waals surface area contributed by atoms with Gasteiger partial charge in [0.1, 0.15) is 0 Å². The van der Waals surface area contributed by atoms with Gasteiger partial charge in [-0.25, -0.2) is 0 Å². The molecule has 25 heavy (non-hydrogen) atoms. The highest BCUT2D eigenvalue weighted by Gasteiger charge is 2.27. The molecule has 0 saturated carbocycles. The van der Waals surface area contributed by atoms with Crippen LogP contribution in [-0.4, -0.2) is 25.6 Å². The van der Waals surface area contributed by atoms with Gasteiger partial charge in [-0.1, -0.05) is 49.7 Å².